The Hall–Kier alpha value is -2.14. The van der Waals surface area contributed by atoms with Gasteiger partial charge in [-0.05, 0) is 43.0 Å². The Balaban J connectivity index is 2.13. The molecular formula is C15H15N3OS. The summed E-state index contributed by atoms with van der Waals surface area (Å²) < 4.78 is 2.38. The Morgan fingerprint density at radius 3 is 2.95 bits per heavy atom. The third-order valence-corrected chi connectivity index (χ3v) is 4.05. The first-order chi connectivity index (χ1) is 9.69. The molecule has 20 heavy (non-hydrogen) atoms. The highest BCUT2D eigenvalue weighted by atomic mass is 32.1. The molecule has 0 aliphatic rings. The Morgan fingerprint density at radius 2 is 2.20 bits per heavy atom. The molecule has 102 valence electrons. The zero-order valence-electron chi connectivity index (χ0n) is 11.4. The second kappa shape index (κ2) is 5.09. The molecule has 0 radical (unpaired) electrons. The number of anilines is 2. The summed E-state index contributed by atoms with van der Waals surface area (Å²) in [7, 11) is 0. The summed E-state index contributed by atoms with van der Waals surface area (Å²) in [6, 6.07) is 9.90. The highest BCUT2D eigenvalue weighted by molar-refractivity contribution is 7.17. The molecule has 1 aromatic carbocycles. The summed E-state index contributed by atoms with van der Waals surface area (Å²) in [5, 5.41) is 5.14. The van der Waals surface area contributed by atoms with E-state index in [0.717, 1.165) is 16.8 Å². The van der Waals surface area contributed by atoms with Crippen molar-refractivity contribution >= 4 is 33.2 Å². The molecule has 0 aliphatic carbocycles. The van der Waals surface area contributed by atoms with Gasteiger partial charge in [-0.2, -0.15) is 0 Å². The number of rotatable bonds is 3. The van der Waals surface area contributed by atoms with Gasteiger partial charge in [-0.15, -0.1) is 11.3 Å². The van der Waals surface area contributed by atoms with E-state index in [9.17, 15) is 4.79 Å². The number of fused-ring (bicyclic) bond motifs is 1. The number of nitrogens with zero attached hydrogens (tertiary/aromatic N) is 2. The van der Waals surface area contributed by atoms with Gasteiger partial charge >= 0.3 is 0 Å². The maximum absolute atomic E-state index is 12.4. The van der Waals surface area contributed by atoms with Gasteiger partial charge in [0.05, 0.1) is 5.52 Å². The van der Waals surface area contributed by atoms with Crippen molar-refractivity contribution in [2.24, 2.45) is 0 Å². The molecule has 1 N–H and O–H groups in total. The average Bonchev–Trinajstić information content (AvgIpc) is 2.88. The number of aryl methyl sites for hydroxylation is 1. The highest BCUT2D eigenvalue weighted by Gasteiger charge is 2.10. The first kappa shape index (κ1) is 12.9. The average molecular weight is 285 g/mol. The van der Waals surface area contributed by atoms with Crippen LogP contribution in [0.15, 0.2) is 40.5 Å². The standard InChI is InChI=1S/C15H15N3OS/c1-3-18-14(19)13-12(7-8-20-13)17-15(18)16-11-6-4-5-10(2)9-11/h4-9H,3H2,1-2H3,(H,16,17). The number of aromatic nitrogens is 2. The molecule has 0 bridgehead atoms. The molecule has 2 heterocycles. The highest BCUT2D eigenvalue weighted by Crippen LogP contribution is 2.20. The predicted octanol–water partition coefficient (Wildman–Crippen LogP) is 3.53. The molecule has 0 saturated carbocycles. The summed E-state index contributed by atoms with van der Waals surface area (Å²) in [6.45, 7) is 4.57. The lowest BCUT2D eigenvalue weighted by Gasteiger charge is -2.12. The molecule has 4 nitrogen and oxygen atoms in total. The van der Waals surface area contributed by atoms with Gasteiger partial charge in [-0.1, -0.05) is 12.1 Å². The molecule has 0 amide bonds. The van der Waals surface area contributed by atoms with Crippen LogP contribution < -0.4 is 10.9 Å². The molecular weight excluding hydrogens is 270 g/mol. The number of nitrogens with one attached hydrogen (secondary N) is 1. The lowest BCUT2D eigenvalue weighted by Crippen LogP contribution is -2.22. The van der Waals surface area contributed by atoms with Crippen LogP contribution in [-0.2, 0) is 6.54 Å². The van der Waals surface area contributed by atoms with Crippen LogP contribution in [0.5, 0.6) is 0 Å². The van der Waals surface area contributed by atoms with Crippen LogP contribution in [0.25, 0.3) is 10.2 Å². The molecule has 0 spiro atoms. The predicted molar refractivity (Wildman–Crippen MR) is 84.0 cm³/mol. The first-order valence-corrected chi connectivity index (χ1v) is 7.38. The van der Waals surface area contributed by atoms with Crippen LogP contribution in [-0.4, -0.2) is 9.55 Å². The van der Waals surface area contributed by atoms with Crippen molar-refractivity contribution in [1.82, 2.24) is 9.55 Å². The maximum atomic E-state index is 12.4. The molecule has 3 aromatic rings. The molecule has 0 saturated heterocycles. The number of hydrogen-bond donors (Lipinski definition) is 1. The van der Waals surface area contributed by atoms with Crippen molar-refractivity contribution in [2.75, 3.05) is 5.32 Å². The second-order valence-corrected chi connectivity index (χ2v) is 5.53. The fourth-order valence-corrected chi connectivity index (χ4v) is 2.96. The van der Waals surface area contributed by atoms with E-state index in [1.54, 1.807) is 4.57 Å². The van der Waals surface area contributed by atoms with Crippen molar-refractivity contribution in [2.45, 2.75) is 20.4 Å². The van der Waals surface area contributed by atoms with E-state index >= 15 is 0 Å². The number of hydrogen-bond acceptors (Lipinski definition) is 4. The Morgan fingerprint density at radius 1 is 1.35 bits per heavy atom. The van der Waals surface area contributed by atoms with Crippen molar-refractivity contribution in [3.63, 3.8) is 0 Å². The van der Waals surface area contributed by atoms with E-state index in [0.29, 0.717) is 17.2 Å². The van der Waals surface area contributed by atoms with Gasteiger partial charge in [0.1, 0.15) is 4.70 Å². The van der Waals surface area contributed by atoms with Crippen LogP contribution in [0, 0.1) is 6.92 Å². The quantitative estimate of drug-likeness (QED) is 0.800. The SMILES string of the molecule is CCn1c(Nc2cccc(C)c2)nc2ccsc2c1=O. The largest absolute Gasteiger partial charge is 0.326 e. The molecule has 0 unspecified atom stereocenters. The maximum Gasteiger partial charge on any atom is 0.272 e. The Kier molecular flexibility index (Phi) is 3.28. The lowest BCUT2D eigenvalue weighted by molar-refractivity contribution is 0.730. The summed E-state index contributed by atoms with van der Waals surface area (Å²) in [5.41, 5.74) is 2.87. The summed E-state index contributed by atoms with van der Waals surface area (Å²) in [6.07, 6.45) is 0. The summed E-state index contributed by atoms with van der Waals surface area (Å²) in [5.74, 6) is 0.592. The lowest BCUT2D eigenvalue weighted by atomic mass is 10.2. The smallest absolute Gasteiger partial charge is 0.272 e. The zero-order valence-corrected chi connectivity index (χ0v) is 12.2. The monoisotopic (exact) mass is 285 g/mol. The van der Waals surface area contributed by atoms with Gasteiger partial charge in [0.25, 0.3) is 5.56 Å². The van der Waals surface area contributed by atoms with E-state index in [-0.39, 0.29) is 5.56 Å². The molecule has 0 atom stereocenters. The molecule has 0 aliphatic heterocycles. The van der Waals surface area contributed by atoms with Crippen LogP contribution in [0.4, 0.5) is 11.6 Å². The minimum Gasteiger partial charge on any atom is -0.326 e. The van der Waals surface area contributed by atoms with Crippen LogP contribution in [0.3, 0.4) is 0 Å². The van der Waals surface area contributed by atoms with Gasteiger partial charge in [-0.25, -0.2) is 4.98 Å². The van der Waals surface area contributed by atoms with Crippen LogP contribution >= 0.6 is 11.3 Å². The van der Waals surface area contributed by atoms with Gasteiger partial charge in [0.2, 0.25) is 5.95 Å². The van der Waals surface area contributed by atoms with Crippen LogP contribution in [0.2, 0.25) is 0 Å². The van der Waals surface area contributed by atoms with Crippen molar-refractivity contribution in [3.05, 3.63) is 51.6 Å². The summed E-state index contributed by atoms with van der Waals surface area (Å²) >= 11 is 1.44. The summed E-state index contributed by atoms with van der Waals surface area (Å²) in [4.78, 5) is 16.9. The third kappa shape index (κ3) is 2.20. The van der Waals surface area contributed by atoms with E-state index in [4.69, 9.17) is 0 Å². The Bertz CT molecular complexity index is 819. The molecule has 5 heteroatoms. The van der Waals surface area contributed by atoms with Crippen molar-refractivity contribution < 1.29 is 0 Å². The van der Waals surface area contributed by atoms with Crippen molar-refractivity contribution in [1.29, 1.82) is 0 Å². The third-order valence-electron chi connectivity index (χ3n) is 3.16. The topological polar surface area (TPSA) is 46.9 Å². The first-order valence-electron chi connectivity index (χ1n) is 6.51. The van der Waals surface area contributed by atoms with Gasteiger partial charge in [0, 0.05) is 12.2 Å². The Labute approximate surface area is 120 Å². The molecule has 2 aromatic heterocycles. The van der Waals surface area contributed by atoms with Gasteiger partial charge in [0.15, 0.2) is 0 Å². The number of thiophene rings is 1. The minimum atomic E-state index is 0.0163. The van der Waals surface area contributed by atoms with Gasteiger partial charge < -0.3 is 5.32 Å². The number of benzene rings is 1. The van der Waals surface area contributed by atoms with Crippen LogP contribution in [0.1, 0.15) is 12.5 Å². The van der Waals surface area contributed by atoms with E-state index in [2.05, 4.69) is 10.3 Å². The van der Waals surface area contributed by atoms with E-state index in [1.165, 1.54) is 11.3 Å². The van der Waals surface area contributed by atoms with Crippen molar-refractivity contribution in [3.8, 4) is 0 Å². The zero-order chi connectivity index (χ0) is 14.1. The molecule has 0 fully saturated rings. The fraction of sp³-hybridized carbons (Fsp3) is 0.200. The minimum absolute atomic E-state index is 0.0163. The van der Waals surface area contributed by atoms with Gasteiger partial charge in [-0.3, -0.25) is 9.36 Å². The fourth-order valence-electron chi connectivity index (χ4n) is 2.18. The normalized spacial score (nSPS) is 10.9. The molecule has 3 rings (SSSR count). The van der Waals surface area contributed by atoms with E-state index in [1.807, 2.05) is 49.6 Å². The van der Waals surface area contributed by atoms with E-state index < -0.39 is 0 Å². The second-order valence-electron chi connectivity index (χ2n) is 4.61.